The summed E-state index contributed by atoms with van der Waals surface area (Å²) >= 11 is 3.97. The van der Waals surface area contributed by atoms with Gasteiger partial charge in [-0.1, -0.05) is 13.8 Å². The van der Waals surface area contributed by atoms with Crippen molar-refractivity contribution in [2.45, 2.75) is 26.4 Å². The van der Waals surface area contributed by atoms with Crippen LogP contribution in [0.3, 0.4) is 0 Å². The lowest BCUT2D eigenvalue weighted by Gasteiger charge is -2.31. The van der Waals surface area contributed by atoms with Crippen molar-refractivity contribution >= 4 is 24.9 Å². The van der Waals surface area contributed by atoms with Crippen LogP contribution >= 0.6 is 12.6 Å². The molecule has 19 heavy (non-hydrogen) atoms. The highest BCUT2D eigenvalue weighted by molar-refractivity contribution is 7.80. The van der Waals surface area contributed by atoms with Gasteiger partial charge in [-0.2, -0.15) is 12.6 Å². The highest BCUT2D eigenvalue weighted by atomic mass is 32.1. The van der Waals surface area contributed by atoms with Gasteiger partial charge in [0.1, 0.15) is 0 Å². The van der Waals surface area contributed by atoms with Gasteiger partial charge in [-0.25, -0.2) is 0 Å². The second-order valence-corrected chi connectivity index (χ2v) is 5.53. The maximum Gasteiger partial charge on any atom is 0.221 e. The Bertz CT molecular complexity index is 287. The third kappa shape index (κ3) is 7.39. The van der Waals surface area contributed by atoms with E-state index in [0.29, 0.717) is 18.7 Å². The minimum absolute atomic E-state index is 0.0942. The van der Waals surface area contributed by atoms with E-state index in [4.69, 9.17) is 5.11 Å². The molecule has 0 rings (SSSR count). The van der Waals surface area contributed by atoms with Crippen LogP contribution in [-0.4, -0.2) is 65.5 Å². The highest BCUT2D eigenvalue weighted by Crippen LogP contribution is 2.20. The van der Waals surface area contributed by atoms with Crippen LogP contribution in [-0.2, 0) is 9.59 Å². The number of nitrogens with one attached hydrogen (secondary N) is 1. The lowest BCUT2D eigenvalue weighted by Crippen LogP contribution is -2.43. The molecule has 0 aliphatic carbocycles. The molecule has 1 atom stereocenters. The van der Waals surface area contributed by atoms with Crippen LogP contribution in [0.4, 0.5) is 0 Å². The molecule has 0 radical (unpaired) electrons. The summed E-state index contributed by atoms with van der Waals surface area (Å²) in [5.41, 5.74) is -0.685. The Kier molecular flexibility index (Phi) is 8.79. The Morgan fingerprint density at radius 2 is 2.16 bits per heavy atom. The first-order valence-corrected chi connectivity index (χ1v) is 6.86. The van der Waals surface area contributed by atoms with Crippen molar-refractivity contribution in [2.75, 3.05) is 32.0 Å². The van der Waals surface area contributed by atoms with Gasteiger partial charge < -0.3 is 20.4 Å². The first-order chi connectivity index (χ1) is 8.87. The summed E-state index contributed by atoms with van der Waals surface area (Å²) in [6.45, 7) is 4.06. The first kappa shape index (κ1) is 18.2. The van der Waals surface area contributed by atoms with E-state index in [-0.39, 0.29) is 32.0 Å². The lowest BCUT2D eigenvalue weighted by atomic mass is 9.87. The van der Waals surface area contributed by atoms with Gasteiger partial charge in [0.2, 0.25) is 12.3 Å². The van der Waals surface area contributed by atoms with Gasteiger partial charge in [0.25, 0.3) is 0 Å². The van der Waals surface area contributed by atoms with E-state index < -0.39 is 11.5 Å². The largest absolute Gasteiger partial charge is 0.396 e. The molecule has 6 nitrogen and oxygen atoms in total. The second-order valence-electron chi connectivity index (χ2n) is 5.09. The number of carbonyl (C=O) groups excluding carboxylic acids is 2. The van der Waals surface area contributed by atoms with Crippen LogP contribution in [0.1, 0.15) is 20.3 Å². The van der Waals surface area contributed by atoms with E-state index in [1.807, 2.05) is 0 Å². The fourth-order valence-electron chi connectivity index (χ4n) is 1.29. The molecular formula is C12H24N2O4S. The van der Waals surface area contributed by atoms with Crippen molar-refractivity contribution in [3.05, 3.63) is 0 Å². The van der Waals surface area contributed by atoms with Gasteiger partial charge in [0.05, 0.1) is 12.7 Å². The molecule has 0 unspecified atom stereocenters. The molecule has 0 heterocycles. The van der Waals surface area contributed by atoms with Crippen molar-refractivity contribution in [3.63, 3.8) is 0 Å². The number of amides is 2. The average molecular weight is 292 g/mol. The second kappa shape index (κ2) is 9.17. The molecule has 0 bridgehead atoms. The molecule has 0 fully saturated rings. The quantitative estimate of drug-likeness (QED) is 0.315. The highest BCUT2D eigenvalue weighted by Gasteiger charge is 2.28. The molecule has 3 N–H and O–H groups in total. The Morgan fingerprint density at radius 1 is 1.53 bits per heavy atom. The molecule has 0 aliphatic heterocycles. The summed E-state index contributed by atoms with van der Waals surface area (Å²) in [5, 5.41) is 21.7. The molecule has 0 aromatic rings. The Balaban J connectivity index is 4.15. The summed E-state index contributed by atoms with van der Waals surface area (Å²) in [6, 6.07) is 0. The first-order valence-electron chi connectivity index (χ1n) is 6.23. The maximum atomic E-state index is 11.4. The zero-order valence-corrected chi connectivity index (χ0v) is 12.4. The van der Waals surface area contributed by atoms with E-state index in [9.17, 15) is 14.7 Å². The smallest absolute Gasteiger partial charge is 0.221 e. The van der Waals surface area contributed by atoms with E-state index in [2.05, 4.69) is 17.9 Å². The molecule has 0 aromatic carbocycles. The Hall–Kier alpha value is -0.790. The standard InChI is InChI=1S/C12H24N2O4S/c1-12(2,8-15)10(17)7-14(9-16)5-3-11(18)13-4-6-19/h9-10,15,17,19H,3-8H2,1-2H3,(H,13,18)/t10-/m0/s1. The molecule has 2 amide bonds. The van der Waals surface area contributed by atoms with Gasteiger partial charge >= 0.3 is 0 Å². The van der Waals surface area contributed by atoms with Crippen LogP contribution in [0.2, 0.25) is 0 Å². The summed E-state index contributed by atoms with van der Waals surface area (Å²) in [7, 11) is 0. The number of thiol groups is 1. The summed E-state index contributed by atoms with van der Waals surface area (Å²) in [4.78, 5) is 23.6. The Labute approximate surface area is 119 Å². The van der Waals surface area contributed by atoms with Crippen LogP contribution < -0.4 is 5.32 Å². The van der Waals surface area contributed by atoms with E-state index in [1.165, 1.54) is 4.90 Å². The van der Waals surface area contributed by atoms with Gasteiger partial charge in [-0.3, -0.25) is 9.59 Å². The predicted octanol–water partition coefficient (Wildman–Crippen LogP) is -0.740. The van der Waals surface area contributed by atoms with Gasteiger partial charge in [-0.15, -0.1) is 0 Å². The molecule has 112 valence electrons. The van der Waals surface area contributed by atoms with E-state index in [0.717, 1.165) is 0 Å². The van der Waals surface area contributed by atoms with Crippen molar-refractivity contribution in [1.82, 2.24) is 10.2 Å². The van der Waals surface area contributed by atoms with E-state index in [1.54, 1.807) is 13.8 Å². The molecule has 0 saturated heterocycles. The number of nitrogens with zero attached hydrogens (tertiary/aromatic N) is 1. The van der Waals surface area contributed by atoms with Crippen LogP contribution in [0.25, 0.3) is 0 Å². The fourth-order valence-corrected chi connectivity index (χ4v) is 1.40. The van der Waals surface area contributed by atoms with Crippen LogP contribution in [0.5, 0.6) is 0 Å². The monoisotopic (exact) mass is 292 g/mol. The third-order valence-corrected chi connectivity index (χ3v) is 3.15. The number of hydrogen-bond acceptors (Lipinski definition) is 5. The SMILES string of the molecule is CC(C)(CO)[C@@H](O)CN(C=O)CCC(=O)NCCS. The summed E-state index contributed by atoms with van der Waals surface area (Å²) in [5.74, 6) is 0.406. The zero-order valence-electron chi connectivity index (χ0n) is 11.5. The molecule has 7 heteroatoms. The topological polar surface area (TPSA) is 89.9 Å². The third-order valence-electron chi connectivity index (χ3n) is 2.93. The van der Waals surface area contributed by atoms with Crippen molar-refractivity contribution in [2.24, 2.45) is 5.41 Å². The molecule has 0 saturated carbocycles. The summed E-state index contributed by atoms with van der Waals surface area (Å²) in [6.07, 6.45) is -0.0651. The maximum absolute atomic E-state index is 11.4. The zero-order chi connectivity index (χ0) is 14.9. The summed E-state index contributed by atoms with van der Waals surface area (Å²) < 4.78 is 0. The molecule has 0 aromatic heterocycles. The normalized spacial score (nSPS) is 12.9. The van der Waals surface area contributed by atoms with E-state index >= 15 is 0 Å². The Morgan fingerprint density at radius 3 is 2.63 bits per heavy atom. The minimum Gasteiger partial charge on any atom is -0.396 e. The van der Waals surface area contributed by atoms with Gasteiger partial charge in [0.15, 0.2) is 0 Å². The van der Waals surface area contributed by atoms with Gasteiger partial charge in [-0.05, 0) is 0 Å². The number of rotatable bonds is 10. The molecule has 0 aliphatic rings. The number of hydrogen-bond donors (Lipinski definition) is 4. The number of carbonyl (C=O) groups is 2. The number of aliphatic hydroxyl groups is 2. The molecule has 0 spiro atoms. The van der Waals surface area contributed by atoms with Crippen molar-refractivity contribution < 1.29 is 19.8 Å². The fraction of sp³-hybridized carbons (Fsp3) is 0.833. The van der Waals surface area contributed by atoms with Gasteiger partial charge in [0, 0.05) is 37.2 Å². The van der Waals surface area contributed by atoms with Crippen molar-refractivity contribution in [3.8, 4) is 0 Å². The lowest BCUT2D eigenvalue weighted by molar-refractivity contribution is -0.124. The van der Waals surface area contributed by atoms with Crippen LogP contribution in [0.15, 0.2) is 0 Å². The number of aliphatic hydroxyl groups excluding tert-OH is 2. The molecular weight excluding hydrogens is 268 g/mol. The minimum atomic E-state index is -0.844. The van der Waals surface area contributed by atoms with Crippen molar-refractivity contribution in [1.29, 1.82) is 0 Å². The predicted molar refractivity (Wildman–Crippen MR) is 76.0 cm³/mol. The average Bonchev–Trinajstić information content (AvgIpc) is 2.40. The van der Waals surface area contributed by atoms with Crippen LogP contribution in [0, 0.1) is 5.41 Å².